The number of ether oxygens (including phenoxy) is 1. The lowest BCUT2D eigenvalue weighted by Gasteiger charge is -2.27. The molecular weight excluding hydrogens is 224 g/mol. The number of aryl methyl sites for hydroxylation is 1. The molecule has 18 heavy (non-hydrogen) atoms. The van der Waals surface area contributed by atoms with Crippen molar-refractivity contribution in [3.8, 4) is 5.75 Å². The van der Waals surface area contributed by atoms with Crippen molar-refractivity contribution >= 4 is 0 Å². The predicted octanol–water partition coefficient (Wildman–Crippen LogP) is 1.62. The van der Waals surface area contributed by atoms with Crippen molar-refractivity contribution in [2.75, 3.05) is 33.3 Å². The third kappa shape index (κ3) is 2.02. The van der Waals surface area contributed by atoms with E-state index in [4.69, 9.17) is 10.5 Å². The SMILES string of the molecule is COc1ccc2c(c1)CC[C@@H]1CN(CCN)C[C@@H]21. The van der Waals surface area contributed by atoms with Crippen LogP contribution in [0.1, 0.15) is 23.5 Å². The molecule has 3 rings (SSSR count). The Bertz CT molecular complexity index is 433. The summed E-state index contributed by atoms with van der Waals surface area (Å²) in [5.74, 6) is 2.53. The molecule has 0 aromatic heterocycles. The summed E-state index contributed by atoms with van der Waals surface area (Å²) >= 11 is 0. The van der Waals surface area contributed by atoms with Crippen LogP contribution in [0, 0.1) is 5.92 Å². The van der Waals surface area contributed by atoms with Crippen molar-refractivity contribution < 1.29 is 4.74 Å². The molecule has 3 heteroatoms. The number of benzene rings is 1. The van der Waals surface area contributed by atoms with Gasteiger partial charge in [-0.05, 0) is 42.0 Å². The Morgan fingerprint density at radius 1 is 1.39 bits per heavy atom. The summed E-state index contributed by atoms with van der Waals surface area (Å²) in [4.78, 5) is 2.52. The Hall–Kier alpha value is -1.06. The van der Waals surface area contributed by atoms with Gasteiger partial charge in [0.1, 0.15) is 5.75 Å². The summed E-state index contributed by atoms with van der Waals surface area (Å²) in [7, 11) is 1.74. The number of likely N-dealkylation sites (tertiary alicyclic amines) is 1. The zero-order chi connectivity index (χ0) is 12.5. The smallest absolute Gasteiger partial charge is 0.119 e. The van der Waals surface area contributed by atoms with Crippen LogP contribution in [-0.4, -0.2) is 38.2 Å². The number of methoxy groups -OCH3 is 1. The average molecular weight is 246 g/mol. The number of fused-ring (bicyclic) bond motifs is 3. The molecule has 0 spiro atoms. The topological polar surface area (TPSA) is 38.5 Å². The first-order valence-corrected chi connectivity index (χ1v) is 6.91. The van der Waals surface area contributed by atoms with Crippen molar-refractivity contribution in [1.29, 1.82) is 0 Å². The third-order valence-electron chi connectivity index (χ3n) is 4.50. The number of nitrogens with two attached hydrogens (primary N) is 1. The van der Waals surface area contributed by atoms with E-state index in [0.717, 1.165) is 24.8 Å². The summed E-state index contributed by atoms with van der Waals surface area (Å²) in [6.45, 7) is 4.22. The van der Waals surface area contributed by atoms with Crippen LogP contribution in [0.15, 0.2) is 18.2 Å². The number of rotatable bonds is 3. The molecule has 0 radical (unpaired) electrons. The molecule has 3 nitrogen and oxygen atoms in total. The van der Waals surface area contributed by atoms with Gasteiger partial charge in [-0.1, -0.05) is 6.07 Å². The van der Waals surface area contributed by atoms with E-state index in [9.17, 15) is 0 Å². The van der Waals surface area contributed by atoms with Crippen LogP contribution in [0.5, 0.6) is 5.75 Å². The Balaban J connectivity index is 1.84. The highest BCUT2D eigenvalue weighted by atomic mass is 16.5. The van der Waals surface area contributed by atoms with E-state index in [2.05, 4.69) is 23.1 Å². The van der Waals surface area contributed by atoms with Crippen LogP contribution in [0.3, 0.4) is 0 Å². The van der Waals surface area contributed by atoms with Gasteiger partial charge in [0.05, 0.1) is 7.11 Å². The van der Waals surface area contributed by atoms with Gasteiger partial charge in [0.15, 0.2) is 0 Å². The van der Waals surface area contributed by atoms with E-state index >= 15 is 0 Å². The summed E-state index contributed by atoms with van der Waals surface area (Å²) in [6, 6.07) is 6.60. The lowest BCUT2D eigenvalue weighted by Crippen LogP contribution is -2.27. The molecule has 0 unspecified atom stereocenters. The second-order valence-electron chi connectivity index (χ2n) is 5.52. The first kappa shape index (κ1) is 12.0. The minimum atomic E-state index is 0.714. The molecule has 1 aromatic rings. The summed E-state index contributed by atoms with van der Waals surface area (Å²) in [6.07, 6.45) is 2.51. The maximum absolute atomic E-state index is 5.67. The summed E-state index contributed by atoms with van der Waals surface area (Å²) < 4.78 is 5.32. The highest BCUT2D eigenvalue weighted by Gasteiger charge is 2.36. The van der Waals surface area contributed by atoms with Gasteiger partial charge < -0.3 is 15.4 Å². The van der Waals surface area contributed by atoms with E-state index < -0.39 is 0 Å². The highest BCUT2D eigenvalue weighted by Crippen LogP contribution is 2.42. The third-order valence-corrected chi connectivity index (χ3v) is 4.50. The van der Waals surface area contributed by atoms with E-state index in [0.29, 0.717) is 5.92 Å². The lowest BCUT2D eigenvalue weighted by atomic mass is 9.77. The standard InChI is InChI=1S/C15H22N2O/c1-18-13-4-5-14-11(8-13)2-3-12-9-17(7-6-16)10-15(12)14/h4-5,8,12,15H,2-3,6-7,9-10,16H2,1H3/t12-,15-/m1/s1. The fourth-order valence-electron chi connectivity index (χ4n) is 3.60. The average Bonchev–Trinajstić information content (AvgIpc) is 2.81. The molecule has 2 N–H and O–H groups in total. The molecular formula is C15H22N2O. The van der Waals surface area contributed by atoms with Crippen LogP contribution < -0.4 is 10.5 Å². The van der Waals surface area contributed by atoms with Crippen LogP contribution in [0.2, 0.25) is 0 Å². The first-order chi connectivity index (χ1) is 8.81. The number of hydrogen-bond acceptors (Lipinski definition) is 3. The monoisotopic (exact) mass is 246 g/mol. The van der Waals surface area contributed by atoms with E-state index in [1.165, 1.54) is 31.5 Å². The molecule has 0 saturated carbocycles. The fourth-order valence-corrected chi connectivity index (χ4v) is 3.60. The van der Waals surface area contributed by atoms with E-state index in [1.807, 2.05) is 0 Å². The minimum absolute atomic E-state index is 0.714. The second kappa shape index (κ2) is 4.90. The fraction of sp³-hybridized carbons (Fsp3) is 0.600. The van der Waals surface area contributed by atoms with E-state index in [1.54, 1.807) is 12.7 Å². The molecule has 2 atom stereocenters. The van der Waals surface area contributed by atoms with Crippen LogP contribution in [-0.2, 0) is 6.42 Å². The minimum Gasteiger partial charge on any atom is -0.497 e. The van der Waals surface area contributed by atoms with Gasteiger partial charge in [-0.15, -0.1) is 0 Å². The molecule has 0 bridgehead atoms. The van der Waals surface area contributed by atoms with Gasteiger partial charge in [0, 0.05) is 32.1 Å². The molecule has 1 saturated heterocycles. The normalized spacial score (nSPS) is 26.8. The molecule has 1 aliphatic heterocycles. The van der Waals surface area contributed by atoms with Crippen molar-refractivity contribution in [1.82, 2.24) is 4.90 Å². The molecule has 1 fully saturated rings. The van der Waals surface area contributed by atoms with Crippen LogP contribution in [0.4, 0.5) is 0 Å². The zero-order valence-corrected chi connectivity index (χ0v) is 11.1. The first-order valence-electron chi connectivity index (χ1n) is 6.91. The quantitative estimate of drug-likeness (QED) is 0.880. The van der Waals surface area contributed by atoms with Gasteiger partial charge in [0.2, 0.25) is 0 Å². The van der Waals surface area contributed by atoms with Crippen LogP contribution in [0.25, 0.3) is 0 Å². The predicted molar refractivity (Wildman–Crippen MR) is 73.0 cm³/mol. The Labute approximate surface area is 109 Å². The van der Waals surface area contributed by atoms with Gasteiger partial charge in [0.25, 0.3) is 0 Å². The number of hydrogen-bond donors (Lipinski definition) is 1. The van der Waals surface area contributed by atoms with Gasteiger partial charge in [-0.2, -0.15) is 0 Å². The van der Waals surface area contributed by atoms with Gasteiger partial charge >= 0.3 is 0 Å². The molecule has 1 aliphatic carbocycles. The molecule has 2 aliphatic rings. The largest absolute Gasteiger partial charge is 0.497 e. The number of nitrogens with zero attached hydrogens (tertiary/aromatic N) is 1. The Morgan fingerprint density at radius 2 is 2.28 bits per heavy atom. The summed E-state index contributed by atoms with van der Waals surface area (Å²) in [5, 5.41) is 0. The Morgan fingerprint density at radius 3 is 3.06 bits per heavy atom. The molecule has 1 heterocycles. The molecule has 1 aromatic carbocycles. The Kier molecular flexibility index (Phi) is 3.27. The van der Waals surface area contributed by atoms with Crippen molar-refractivity contribution in [2.24, 2.45) is 11.7 Å². The van der Waals surface area contributed by atoms with Gasteiger partial charge in [-0.25, -0.2) is 0 Å². The maximum atomic E-state index is 5.67. The van der Waals surface area contributed by atoms with Crippen molar-refractivity contribution in [3.63, 3.8) is 0 Å². The van der Waals surface area contributed by atoms with Crippen LogP contribution >= 0.6 is 0 Å². The zero-order valence-electron chi connectivity index (χ0n) is 11.1. The van der Waals surface area contributed by atoms with Gasteiger partial charge in [-0.3, -0.25) is 0 Å². The molecule has 0 amide bonds. The van der Waals surface area contributed by atoms with Crippen molar-refractivity contribution in [2.45, 2.75) is 18.8 Å². The maximum Gasteiger partial charge on any atom is 0.119 e. The van der Waals surface area contributed by atoms with E-state index in [-0.39, 0.29) is 0 Å². The van der Waals surface area contributed by atoms with Crippen molar-refractivity contribution in [3.05, 3.63) is 29.3 Å². The second-order valence-corrected chi connectivity index (χ2v) is 5.52. The summed E-state index contributed by atoms with van der Waals surface area (Å²) in [5.41, 5.74) is 8.71. The highest BCUT2D eigenvalue weighted by molar-refractivity contribution is 5.40. The molecule has 98 valence electrons. The lowest BCUT2D eigenvalue weighted by molar-refractivity contribution is 0.330.